The Morgan fingerprint density at radius 2 is 1.87 bits per heavy atom. The van der Waals surface area contributed by atoms with Crippen molar-refractivity contribution in [2.75, 3.05) is 32.4 Å². The van der Waals surface area contributed by atoms with E-state index >= 15 is 0 Å². The van der Waals surface area contributed by atoms with Crippen molar-refractivity contribution < 1.29 is 21.2 Å². The van der Waals surface area contributed by atoms with E-state index in [1.807, 2.05) is 6.92 Å². The lowest BCUT2D eigenvalue weighted by Crippen LogP contribution is -2.60. The van der Waals surface area contributed by atoms with Crippen LogP contribution in [0.2, 0.25) is 5.15 Å². The Hall–Kier alpha value is -1.60. The topological polar surface area (TPSA) is 116 Å². The number of aromatic amines is 1. The van der Waals surface area contributed by atoms with Crippen molar-refractivity contribution in [3.63, 3.8) is 0 Å². The van der Waals surface area contributed by atoms with Gasteiger partial charge in [-0.25, -0.2) is 35.5 Å². The number of halogens is 2. The highest BCUT2D eigenvalue weighted by Gasteiger charge is 2.46. The average molecular weight is 492 g/mol. The van der Waals surface area contributed by atoms with Crippen LogP contribution in [0.4, 0.5) is 4.39 Å². The fourth-order valence-electron chi connectivity index (χ4n) is 4.09. The summed E-state index contributed by atoms with van der Waals surface area (Å²) in [7, 11) is -6.96. The molecule has 31 heavy (non-hydrogen) atoms. The molecule has 1 N–H and O–H groups in total. The molecule has 0 aliphatic carbocycles. The lowest BCUT2D eigenvalue weighted by molar-refractivity contribution is 0.233. The molecule has 0 radical (unpaired) electrons. The molecule has 2 aromatic heterocycles. The molecule has 0 saturated carbocycles. The molecule has 0 amide bonds. The summed E-state index contributed by atoms with van der Waals surface area (Å²) in [5, 5.41) is -0.421. The van der Waals surface area contributed by atoms with E-state index in [0.29, 0.717) is 36.7 Å². The van der Waals surface area contributed by atoms with Gasteiger partial charge in [-0.05, 0) is 24.5 Å². The minimum absolute atomic E-state index is 0.00408. The molecular formula is C18H23ClFN5O4S2. The van der Waals surface area contributed by atoms with E-state index in [1.165, 1.54) is 20.7 Å². The van der Waals surface area contributed by atoms with Gasteiger partial charge in [0.2, 0.25) is 20.0 Å². The van der Waals surface area contributed by atoms with Crippen molar-refractivity contribution in [1.82, 2.24) is 23.6 Å². The maximum absolute atomic E-state index is 13.1. The Bertz CT molecular complexity index is 1180. The Morgan fingerprint density at radius 3 is 2.45 bits per heavy atom. The molecule has 0 aromatic carbocycles. The number of aromatic nitrogens is 3. The van der Waals surface area contributed by atoms with E-state index in [2.05, 4.69) is 15.0 Å². The summed E-state index contributed by atoms with van der Waals surface area (Å²) >= 11 is 6.35. The molecule has 2 fully saturated rings. The van der Waals surface area contributed by atoms with E-state index in [1.54, 1.807) is 0 Å². The third kappa shape index (κ3) is 4.36. The second-order valence-corrected chi connectivity index (χ2v) is 12.7. The molecule has 170 valence electrons. The van der Waals surface area contributed by atoms with E-state index in [9.17, 15) is 21.2 Å². The molecule has 13 heteroatoms. The molecule has 2 aromatic rings. The maximum atomic E-state index is 13.1. The standard InChI is InChI=1S/C18H23ClFN5O4S2/c1-11-8-24(31(28,29)13-9-25(10-13)30(2,26)27)6-5-14(11)16-17(19)23-18(22-16)15-4-3-12(20)7-21-15/h3-4,7,11,13-14H,5-6,8-10H2,1-2H3,(H,22,23)/t11-,14+/m0/s1. The number of sulfonamides is 2. The van der Waals surface area contributed by atoms with Crippen molar-refractivity contribution in [3.05, 3.63) is 35.0 Å². The van der Waals surface area contributed by atoms with Crippen LogP contribution in [0.15, 0.2) is 18.3 Å². The first-order chi connectivity index (χ1) is 14.5. The van der Waals surface area contributed by atoms with Gasteiger partial charge < -0.3 is 4.98 Å². The summed E-state index contributed by atoms with van der Waals surface area (Å²) in [6.07, 6.45) is 2.72. The second kappa shape index (κ2) is 8.07. The first-order valence-electron chi connectivity index (χ1n) is 9.78. The Balaban J connectivity index is 1.46. The van der Waals surface area contributed by atoms with Gasteiger partial charge in [0.1, 0.15) is 16.8 Å². The first-order valence-corrected chi connectivity index (χ1v) is 13.5. The predicted molar refractivity (Wildman–Crippen MR) is 114 cm³/mol. The number of nitrogens with zero attached hydrogens (tertiary/aromatic N) is 4. The van der Waals surface area contributed by atoms with E-state index in [-0.39, 0.29) is 30.1 Å². The van der Waals surface area contributed by atoms with Crippen molar-refractivity contribution >= 4 is 31.6 Å². The fourth-order valence-corrected chi connectivity index (χ4v) is 7.41. The normalized spacial score (nSPS) is 24.3. The van der Waals surface area contributed by atoms with Crippen LogP contribution in [0.1, 0.15) is 25.0 Å². The molecule has 9 nitrogen and oxygen atoms in total. The largest absolute Gasteiger partial charge is 0.339 e. The molecule has 2 atom stereocenters. The number of hydrogen-bond donors (Lipinski definition) is 1. The number of hydrogen-bond acceptors (Lipinski definition) is 6. The van der Waals surface area contributed by atoms with Gasteiger partial charge in [0.25, 0.3) is 0 Å². The van der Waals surface area contributed by atoms with Crippen LogP contribution in [0, 0.1) is 11.7 Å². The lowest BCUT2D eigenvalue weighted by atomic mass is 9.86. The van der Waals surface area contributed by atoms with Crippen molar-refractivity contribution in [3.8, 4) is 11.5 Å². The number of piperidine rings is 1. The third-order valence-corrected chi connectivity index (χ3v) is 9.68. The van der Waals surface area contributed by atoms with Gasteiger partial charge in [0.05, 0.1) is 18.1 Å². The van der Waals surface area contributed by atoms with Gasteiger partial charge in [0, 0.05) is 32.1 Å². The number of nitrogens with one attached hydrogen (secondary N) is 1. The van der Waals surface area contributed by atoms with Crippen LogP contribution in [0.3, 0.4) is 0 Å². The molecule has 2 aliphatic rings. The van der Waals surface area contributed by atoms with Crippen molar-refractivity contribution in [2.45, 2.75) is 24.5 Å². The lowest BCUT2D eigenvalue weighted by Gasteiger charge is -2.42. The van der Waals surface area contributed by atoms with Gasteiger partial charge in [-0.15, -0.1) is 0 Å². The zero-order chi connectivity index (χ0) is 22.6. The molecule has 0 bridgehead atoms. The highest BCUT2D eigenvalue weighted by molar-refractivity contribution is 7.90. The zero-order valence-electron chi connectivity index (χ0n) is 17.0. The quantitative estimate of drug-likeness (QED) is 0.680. The summed E-state index contributed by atoms with van der Waals surface area (Å²) < 4.78 is 64.7. The van der Waals surface area contributed by atoms with Gasteiger partial charge in [-0.3, -0.25) is 0 Å². The molecule has 2 aliphatic heterocycles. The maximum Gasteiger partial charge on any atom is 0.219 e. The summed E-state index contributed by atoms with van der Waals surface area (Å²) in [6, 6.07) is 2.79. The first kappa shape index (κ1) is 22.6. The highest BCUT2D eigenvalue weighted by atomic mass is 35.5. The molecule has 4 rings (SSSR count). The van der Waals surface area contributed by atoms with Crippen LogP contribution >= 0.6 is 11.6 Å². The van der Waals surface area contributed by atoms with Crippen LogP contribution in [0.5, 0.6) is 0 Å². The highest BCUT2D eigenvalue weighted by Crippen LogP contribution is 2.38. The smallest absolute Gasteiger partial charge is 0.219 e. The minimum atomic E-state index is -3.59. The summed E-state index contributed by atoms with van der Waals surface area (Å²) in [6.45, 7) is 2.56. The van der Waals surface area contributed by atoms with Crippen molar-refractivity contribution in [1.29, 1.82) is 0 Å². The minimum Gasteiger partial charge on any atom is -0.339 e. The van der Waals surface area contributed by atoms with E-state index < -0.39 is 31.1 Å². The fraction of sp³-hybridized carbons (Fsp3) is 0.556. The number of rotatable bonds is 5. The SMILES string of the molecule is C[C@H]1CN(S(=O)(=O)C2CN(S(C)(=O)=O)C2)CC[C@H]1c1[nH]c(-c2ccc(F)cn2)nc1Cl. The van der Waals surface area contributed by atoms with Crippen LogP contribution in [-0.4, -0.2) is 78.1 Å². The van der Waals surface area contributed by atoms with Gasteiger partial charge >= 0.3 is 0 Å². The van der Waals surface area contributed by atoms with Gasteiger partial charge in [-0.2, -0.15) is 4.31 Å². The summed E-state index contributed by atoms with van der Waals surface area (Å²) in [5.41, 5.74) is 1.17. The van der Waals surface area contributed by atoms with Crippen LogP contribution in [-0.2, 0) is 20.0 Å². The van der Waals surface area contributed by atoms with Crippen LogP contribution < -0.4 is 0 Å². The zero-order valence-corrected chi connectivity index (χ0v) is 19.4. The van der Waals surface area contributed by atoms with Gasteiger partial charge in [0.15, 0.2) is 11.0 Å². The van der Waals surface area contributed by atoms with Crippen LogP contribution in [0.25, 0.3) is 11.5 Å². The summed E-state index contributed by atoms with van der Waals surface area (Å²) in [4.78, 5) is 11.5. The second-order valence-electron chi connectivity index (χ2n) is 8.13. The number of H-pyrrole nitrogens is 1. The number of pyridine rings is 1. The molecule has 2 saturated heterocycles. The Morgan fingerprint density at radius 1 is 1.16 bits per heavy atom. The average Bonchev–Trinajstić information content (AvgIpc) is 3.01. The van der Waals surface area contributed by atoms with Crippen molar-refractivity contribution in [2.24, 2.45) is 5.92 Å². The number of imidazole rings is 1. The Labute approximate surface area is 185 Å². The monoisotopic (exact) mass is 491 g/mol. The summed E-state index contributed by atoms with van der Waals surface area (Å²) in [5.74, 6) is -0.0938. The van der Waals surface area contributed by atoms with Gasteiger partial charge in [-0.1, -0.05) is 18.5 Å². The molecule has 4 heterocycles. The predicted octanol–water partition coefficient (Wildman–Crippen LogP) is 1.66. The van der Waals surface area contributed by atoms with E-state index in [4.69, 9.17) is 11.6 Å². The van der Waals surface area contributed by atoms with E-state index in [0.717, 1.165) is 12.5 Å². The molecule has 0 unspecified atom stereocenters. The third-order valence-electron chi connectivity index (χ3n) is 5.96. The Kier molecular flexibility index (Phi) is 5.88. The molecule has 0 spiro atoms. The molecular weight excluding hydrogens is 469 g/mol.